The Bertz CT molecular complexity index is 488. The Labute approximate surface area is 133 Å². The molecule has 8 heteroatoms. The van der Waals surface area contributed by atoms with Gasteiger partial charge in [0.25, 0.3) is 5.91 Å². The zero-order chi connectivity index (χ0) is 15.5. The van der Waals surface area contributed by atoms with Crippen molar-refractivity contribution >= 4 is 18.3 Å². The van der Waals surface area contributed by atoms with Crippen LogP contribution < -0.4 is 10.1 Å². The lowest BCUT2D eigenvalue weighted by atomic mass is 10.1. The van der Waals surface area contributed by atoms with Crippen molar-refractivity contribution in [3.8, 4) is 5.75 Å². The molecule has 1 aromatic rings. The number of alkyl halides is 3. The minimum absolute atomic E-state index is 0. The zero-order valence-electron chi connectivity index (χ0n) is 12.0. The quantitative estimate of drug-likeness (QED) is 0.921. The summed E-state index contributed by atoms with van der Waals surface area (Å²) in [6.07, 6.45) is -2.80. The first-order valence-corrected chi connectivity index (χ1v) is 6.70. The van der Waals surface area contributed by atoms with E-state index in [9.17, 15) is 18.0 Å². The third-order valence-corrected chi connectivity index (χ3v) is 3.47. The van der Waals surface area contributed by atoms with Crippen LogP contribution in [0.2, 0.25) is 0 Å². The summed E-state index contributed by atoms with van der Waals surface area (Å²) in [4.78, 5) is 13.9. The normalized spacial score (nSPS) is 18.3. The molecule has 1 aliphatic heterocycles. The van der Waals surface area contributed by atoms with Gasteiger partial charge < -0.3 is 15.0 Å². The number of carbonyl (C=O) groups excluding carboxylic acids is 1. The number of rotatable bonds is 3. The molecule has 2 rings (SSSR count). The number of ether oxygens (including phenoxy) is 1. The fraction of sp³-hybridized carbons (Fsp3) is 0.500. The highest BCUT2D eigenvalue weighted by molar-refractivity contribution is 5.94. The highest BCUT2D eigenvalue weighted by atomic mass is 35.5. The number of nitrogens with one attached hydrogen (secondary N) is 1. The first-order valence-electron chi connectivity index (χ1n) is 6.70. The molecule has 1 heterocycles. The first kappa shape index (κ1) is 18.6. The van der Waals surface area contributed by atoms with Gasteiger partial charge in [-0.05, 0) is 43.7 Å². The Morgan fingerprint density at radius 1 is 1.32 bits per heavy atom. The van der Waals surface area contributed by atoms with Gasteiger partial charge in [-0.1, -0.05) is 0 Å². The lowest BCUT2D eigenvalue weighted by Crippen LogP contribution is -2.46. The van der Waals surface area contributed by atoms with Crippen LogP contribution in [0.5, 0.6) is 5.75 Å². The van der Waals surface area contributed by atoms with Crippen LogP contribution in [0.15, 0.2) is 24.3 Å². The molecule has 0 aliphatic carbocycles. The van der Waals surface area contributed by atoms with Gasteiger partial charge >= 0.3 is 6.36 Å². The van der Waals surface area contributed by atoms with Gasteiger partial charge in [0.15, 0.2) is 0 Å². The van der Waals surface area contributed by atoms with Crippen molar-refractivity contribution in [1.29, 1.82) is 0 Å². The molecule has 1 atom stereocenters. The average molecular weight is 339 g/mol. The molecule has 0 bridgehead atoms. The Morgan fingerprint density at radius 2 is 1.95 bits per heavy atom. The van der Waals surface area contributed by atoms with E-state index in [0.29, 0.717) is 5.56 Å². The van der Waals surface area contributed by atoms with Gasteiger partial charge in [-0.3, -0.25) is 4.79 Å². The number of benzene rings is 1. The highest BCUT2D eigenvalue weighted by Gasteiger charge is 2.31. The van der Waals surface area contributed by atoms with Crippen LogP contribution in [-0.2, 0) is 0 Å². The molecule has 1 fully saturated rings. The van der Waals surface area contributed by atoms with Gasteiger partial charge in [0.05, 0.1) is 0 Å². The SMILES string of the molecule is CN(C(=O)c1ccc(OC(F)(F)F)cc1)[C@H]1CCCNC1.Cl. The summed E-state index contributed by atoms with van der Waals surface area (Å²) >= 11 is 0. The minimum Gasteiger partial charge on any atom is -0.406 e. The summed E-state index contributed by atoms with van der Waals surface area (Å²) < 4.78 is 40.0. The van der Waals surface area contributed by atoms with Crippen molar-refractivity contribution in [3.63, 3.8) is 0 Å². The van der Waals surface area contributed by atoms with Crippen LogP contribution in [-0.4, -0.2) is 43.3 Å². The molecule has 0 spiro atoms. The third-order valence-electron chi connectivity index (χ3n) is 3.47. The molecule has 1 saturated heterocycles. The predicted octanol–water partition coefficient (Wildman–Crippen LogP) is 2.83. The van der Waals surface area contributed by atoms with Crippen molar-refractivity contribution in [2.75, 3.05) is 20.1 Å². The van der Waals surface area contributed by atoms with Gasteiger partial charge in [-0.25, -0.2) is 0 Å². The Morgan fingerprint density at radius 3 is 2.45 bits per heavy atom. The standard InChI is InChI=1S/C14H17F3N2O2.ClH/c1-19(11-3-2-8-18-9-11)13(20)10-4-6-12(7-5-10)21-14(15,16)17;/h4-7,11,18H,2-3,8-9H2,1H3;1H/t11-;/m0./s1. The second-order valence-electron chi connectivity index (χ2n) is 4.99. The number of nitrogens with zero attached hydrogens (tertiary/aromatic N) is 1. The maximum absolute atomic E-state index is 12.3. The van der Waals surface area contributed by atoms with Gasteiger partial charge in [0.2, 0.25) is 0 Å². The molecule has 0 aromatic heterocycles. The van der Waals surface area contributed by atoms with E-state index in [2.05, 4.69) is 10.1 Å². The average Bonchev–Trinajstić information content (AvgIpc) is 2.46. The first-order chi connectivity index (χ1) is 9.87. The Hall–Kier alpha value is -1.47. The van der Waals surface area contributed by atoms with E-state index in [4.69, 9.17) is 0 Å². The van der Waals surface area contributed by atoms with Crippen molar-refractivity contribution in [2.45, 2.75) is 25.2 Å². The molecule has 1 amide bonds. The number of likely N-dealkylation sites (N-methyl/N-ethyl adjacent to an activating group) is 1. The van der Waals surface area contributed by atoms with Crippen molar-refractivity contribution in [1.82, 2.24) is 10.2 Å². The van der Waals surface area contributed by atoms with Crippen LogP contribution in [0.3, 0.4) is 0 Å². The number of carbonyl (C=O) groups is 1. The molecular weight excluding hydrogens is 321 g/mol. The fourth-order valence-corrected chi connectivity index (χ4v) is 2.33. The monoisotopic (exact) mass is 338 g/mol. The second kappa shape index (κ2) is 7.69. The zero-order valence-corrected chi connectivity index (χ0v) is 12.8. The molecule has 0 saturated carbocycles. The van der Waals surface area contributed by atoms with Crippen molar-refractivity contribution in [3.05, 3.63) is 29.8 Å². The van der Waals surface area contributed by atoms with Crippen LogP contribution in [0, 0.1) is 0 Å². The number of piperidine rings is 1. The minimum atomic E-state index is -4.73. The van der Waals surface area contributed by atoms with E-state index in [1.165, 1.54) is 12.1 Å². The molecule has 1 N–H and O–H groups in total. The van der Waals surface area contributed by atoms with Crippen LogP contribution in [0.4, 0.5) is 13.2 Å². The lowest BCUT2D eigenvalue weighted by molar-refractivity contribution is -0.274. The summed E-state index contributed by atoms with van der Waals surface area (Å²) in [5.74, 6) is -0.539. The van der Waals surface area contributed by atoms with E-state index < -0.39 is 6.36 Å². The summed E-state index contributed by atoms with van der Waals surface area (Å²) in [5, 5.41) is 3.22. The molecule has 0 radical (unpaired) electrons. The summed E-state index contributed by atoms with van der Waals surface area (Å²) in [5.41, 5.74) is 0.345. The second-order valence-corrected chi connectivity index (χ2v) is 4.99. The maximum Gasteiger partial charge on any atom is 0.573 e. The summed E-state index contributed by atoms with van der Waals surface area (Å²) in [6, 6.07) is 5.09. The summed E-state index contributed by atoms with van der Waals surface area (Å²) in [6.45, 7) is 1.68. The molecule has 0 unspecified atom stereocenters. The van der Waals surface area contributed by atoms with Crippen LogP contribution in [0.1, 0.15) is 23.2 Å². The van der Waals surface area contributed by atoms with Gasteiger partial charge in [-0.15, -0.1) is 25.6 Å². The van der Waals surface area contributed by atoms with E-state index in [1.54, 1.807) is 11.9 Å². The molecule has 4 nitrogen and oxygen atoms in total. The topological polar surface area (TPSA) is 41.6 Å². The molecule has 1 aliphatic rings. The number of halogens is 4. The van der Waals surface area contributed by atoms with Gasteiger partial charge in [0.1, 0.15) is 5.75 Å². The van der Waals surface area contributed by atoms with E-state index in [-0.39, 0.29) is 30.1 Å². The van der Waals surface area contributed by atoms with E-state index in [0.717, 1.165) is 38.1 Å². The third kappa shape index (κ3) is 5.06. The number of hydrogen-bond donors (Lipinski definition) is 1. The highest BCUT2D eigenvalue weighted by Crippen LogP contribution is 2.23. The van der Waals surface area contributed by atoms with Crippen molar-refractivity contribution < 1.29 is 22.7 Å². The summed E-state index contributed by atoms with van der Waals surface area (Å²) in [7, 11) is 1.71. The lowest BCUT2D eigenvalue weighted by Gasteiger charge is -2.31. The molecule has 124 valence electrons. The fourth-order valence-electron chi connectivity index (χ4n) is 2.33. The maximum atomic E-state index is 12.3. The van der Waals surface area contributed by atoms with Crippen LogP contribution in [0.25, 0.3) is 0 Å². The number of amides is 1. The van der Waals surface area contributed by atoms with Gasteiger partial charge in [0, 0.05) is 25.2 Å². The van der Waals surface area contributed by atoms with Crippen LogP contribution >= 0.6 is 12.4 Å². The largest absolute Gasteiger partial charge is 0.573 e. The predicted molar refractivity (Wildman–Crippen MR) is 78.4 cm³/mol. The molecule has 22 heavy (non-hydrogen) atoms. The Kier molecular flexibility index (Phi) is 6.49. The Balaban J connectivity index is 0.00000242. The van der Waals surface area contributed by atoms with E-state index >= 15 is 0 Å². The number of hydrogen-bond acceptors (Lipinski definition) is 3. The van der Waals surface area contributed by atoms with Crippen molar-refractivity contribution in [2.24, 2.45) is 0 Å². The molecular formula is C14H18ClF3N2O2. The van der Waals surface area contributed by atoms with E-state index in [1.807, 2.05) is 0 Å². The molecule has 1 aromatic carbocycles. The smallest absolute Gasteiger partial charge is 0.406 e. The van der Waals surface area contributed by atoms with Gasteiger partial charge in [-0.2, -0.15) is 0 Å².